The lowest BCUT2D eigenvalue weighted by atomic mass is 9.99. The van der Waals surface area contributed by atoms with Crippen LogP contribution >= 0.6 is 0 Å². The van der Waals surface area contributed by atoms with E-state index in [9.17, 15) is 23.1 Å². The van der Waals surface area contributed by atoms with E-state index in [-0.39, 0.29) is 23.0 Å². The molecule has 0 bridgehead atoms. The van der Waals surface area contributed by atoms with Crippen molar-refractivity contribution in [2.24, 2.45) is 0 Å². The Balaban J connectivity index is 1.71. The molecule has 2 N–H and O–H groups in total. The van der Waals surface area contributed by atoms with E-state index in [0.29, 0.717) is 6.61 Å². The number of carbonyl (C=O) groups is 2. The molecule has 1 amide bonds. The van der Waals surface area contributed by atoms with Gasteiger partial charge in [-0.3, -0.25) is 9.69 Å². The molecule has 11 nitrogen and oxygen atoms in total. The molecular weight excluding hydrogens is 596 g/mol. The molecule has 4 rings (SSSR count). The van der Waals surface area contributed by atoms with E-state index < -0.39 is 40.3 Å². The first kappa shape index (κ1) is 33.1. The summed E-state index contributed by atoms with van der Waals surface area (Å²) in [5, 5.41) is 9.34. The summed E-state index contributed by atoms with van der Waals surface area (Å²) >= 11 is 0. The van der Waals surface area contributed by atoms with Crippen LogP contribution in [0.25, 0.3) is 11.1 Å². The summed E-state index contributed by atoms with van der Waals surface area (Å²) in [7, 11) is -4.10. The maximum absolute atomic E-state index is 13.4. The Labute approximate surface area is 262 Å². The predicted octanol–water partition coefficient (Wildman–Crippen LogP) is 5.63. The third-order valence-electron chi connectivity index (χ3n) is 6.40. The molecule has 1 atom stereocenters. The monoisotopic (exact) mass is 632 g/mol. The second-order valence-corrected chi connectivity index (χ2v) is 12.7. The van der Waals surface area contributed by atoms with Crippen molar-refractivity contribution in [3.05, 3.63) is 102 Å². The van der Waals surface area contributed by atoms with Crippen LogP contribution in [0.4, 0.5) is 10.6 Å². The Bertz CT molecular complexity index is 1720. The number of pyridine rings is 2. The molecule has 0 radical (unpaired) electrons. The molecule has 4 aromatic rings. The first-order chi connectivity index (χ1) is 21.4. The zero-order valence-corrected chi connectivity index (χ0v) is 26.3. The van der Waals surface area contributed by atoms with Crippen molar-refractivity contribution in [2.75, 3.05) is 18.1 Å². The van der Waals surface area contributed by atoms with Crippen LogP contribution < -0.4 is 14.4 Å². The fourth-order valence-corrected chi connectivity index (χ4v) is 5.63. The van der Waals surface area contributed by atoms with E-state index in [4.69, 9.17) is 9.47 Å². The summed E-state index contributed by atoms with van der Waals surface area (Å²) in [6.07, 6.45) is 0.663. The largest absolute Gasteiger partial charge is 0.493 e. The SMILES string of the molecule is CCOc1ccccc1-c1ccc(CC(NS(=O)(=O)c2ccccn2)c2cccc(N(CC(=O)O)C(=O)OC(C)(C)C)n2)cc1. The van der Waals surface area contributed by atoms with Crippen LogP contribution in [0.15, 0.2) is 96.2 Å². The molecule has 0 saturated heterocycles. The number of benzene rings is 2. The number of nitrogens with one attached hydrogen (secondary N) is 1. The van der Waals surface area contributed by atoms with E-state index in [1.165, 1.54) is 18.3 Å². The van der Waals surface area contributed by atoms with Gasteiger partial charge in [-0.05, 0) is 75.6 Å². The maximum atomic E-state index is 13.4. The zero-order valence-electron chi connectivity index (χ0n) is 25.5. The standard InChI is InChI=1S/C33H36N4O7S/c1-5-43-28-13-7-6-11-25(28)24-18-16-23(17-19-24)21-27(36-45(41,42)30-15-8-9-20-34-30)26-12-10-14-29(35-26)37(22-31(38)39)32(40)44-33(2,3)4/h6-20,27,36H,5,21-22H2,1-4H3,(H,38,39). The molecule has 45 heavy (non-hydrogen) atoms. The van der Waals surface area contributed by atoms with Gasteiger partial charge >= 0.3 is 12.1 Å². The van der Waals surface area contributed by atoms with Gasteiger partial charge in [0.25, 0.3) is 10.0 Å². The second kappa shape index (κ2) is 14.3. The van der Waals surface area contributed by atoms with Crippen molar-refractivity contribution in [2.45, 2.75) is 50.8 Å². The summed E-state index contributed by atoms with van der Waals surface area (Å²) < 4.78 is 40.7. The third kappa shape index (κ3) is 9.10. The van der Waals surface area contributed by atoms with Crippen molar-refractivity contribution < 1.29 is 32.6 Å². The van der Waals surface area contributed by atoms with Gasteiger partial charge in [0.15, 0.2) is 5.03 Å². The molecule has 2 aromatic heterocycles. The van der Waals surface area contributed by atoms with E-state index in [0.717, 1.165) is 27.3 Å². The van der Waals surface area contributed by atoms with Crippen LogP contribution in [-0.2, 0) is 26.0 Å². The quantitative estimate of drug-likeness (QED) is 0.203. The lowest BCUT2D eigenvalue weighted by molar-refractivity contribution is -0.135. The molecule has 0 saturated carbocycles. The fraction of sp³-hybridized carbons (Fsp3) is 0.273. The van der Waals surface area contributed by atoms with Crippen molar-refractivity contribution in [3.63, 3.8) is 0 Å². The summed E-state index contributed by atoms with van der Waals surface area (Å²) in [5.41, 5.74) is 2.02. The molecular formula is C33H36N4O7S. The van der Waals surface area contributed by atoms with Crippen LogP contribution in [0.5, 0.6) is 5.75 Å². The Morgan fingerprint density at radius 1 is 0.956 bits per heavy atom. The zero-order chi connectivity index (χ0) is 32.6. The summed E-state index contributed by atoms with van der Waals surface area (Å²) in [6.45, 7) is 6.73. The summed E-state index contributed by atoms with van der Waals surface area (Å²) in [5.74, 6) is -0.522. The number of rotatable bonds is 12. The number of carboxylic acid groups (broad SMARTS) is 1. The minimum atomic E-state index is -4.10. The van der Waals surface area contributed by atoms with Crippen molar-refractivity contribution in [1.82, 2.24) is 14.7 Å². The number of nitrogens with zero attached hydrogens (tertiary/aromatic N) is 3. The smallest absolute Gasteiger partial charge is 0.416 e. The lowest BCUT2D eigenvalue weighted by Gasteiger charge is -2.26. The first-order valence-electron chi connectivity index (χ1n) is 14.3. The normalized spacial score (nSPS) is 12.3. The van der Waals surface area contributed by atoms with Crippen molar-refractivity contribution in [3.8, 4) is 16.9 Å². The minimum Gasteiger partial charge on any atom is -0.493 e. The van der Waals surface area contributed by atoms with Gasteiger partial charge in [-0.2, -0.15) is 0 Å². The topological polar surface area (TPSA) is 148 Å². The van der Waals surface area contributed by atoms with Gasteiger partial charge in [0.2, 0.25) is 0 Å². The van der Waals surface area contributed by atoms with Crippen LogP contribution in [-0.4, -0.2) is 54.3 Å². The maximum Gasteiger partial charge on any atom is 0.416 e. The Morgan fingerprint density at radius 3 is 2.31 bits per heavy atom. The van der Waals surface area contributed by atoms with Gasteiger partial charge in [0.05, 0.1) is 18.3 Å². The highest BCUT2D eigenvalue weighted by molar-refractivity contribution is 7.89. The molecule has 0 fully saturated rings. The molecule has 0 aliphatic rings. The number of sulfonamides is 1. The Kier molecular flexibility index (Phi) is 10.5. The van der Waals surface area contributed by atoms with E-state index in [1.54, 1.807) is 45.0 Å². The number of hydrogen-bond acceptors (Lipinski definition) is 8. The lowest BCUT2D eigenvalue weighted by Crippen LogP contribution is -2.40. The van der Waals surface area contributed by atoms with E-state index >= 15 is 0 Å². The minimum absolute atomic E-state index is 0.00550. The molecule has 236 valence electrons. The number of hydrogen-bond donors (Lipinski definition) is 2. The second-order valence-electron chi connectivity index (χ2n) is 11.1. The number of aliphatic carboxylic acids is 1. The molecule has 0 aliphatic carbocycles. The molecule has 2 aromatic carbocycles. The van der Waals surface area contributed by atoms with Gasteiger partial charge < -0.3 is 14.6 Å². The number of carbonyl (C=O) groups excluding carboxylic acids is 1. The van der Waals surface area contributed by atoms with Gasteiger partial charge in [0.1, 0.15) is 23.7 Å². The Hall–Kier alpha value is -4.81. The van der Waals surface area contributed by atoms with Crippen molar-refractivity contribution >= 4 is 27.9 Å². The number of anilines is 1. The summed E-state index contributed by atoms with van der Waals surface area (Å²) in [4.78, 5) is 34.1. The summed E-state index contributed by atoms with van der Waals surface area (Å²) in [6, 6.07) is 23.6. The molecule has 0 spiro atoms. The van der Waals surface area contributed by atoms with Gasteiger partial charge in [-0.1, -0.05) is 54.6 Å². The highest BCUT2D eigenvalue weighted by atomic mass is 32.2. The van der Waals surface area contributed by atoms with Gasteiger partial charge in [0, 0.05) is 11.8 Å². The van der Waals surface area contributed by atoms with Crippen LogP contribution in [0.1, 0.15) is 45.0 Å². The Morgan fingerprint density at radius 2 is 1.67 bits per heavy atom. The number of aromatic nitrogens is 2. The van der Waals surface area contributed by atoms with Crippen LogP contribution in [0.2, 0.25) is 0 Å². The van der Waals surface area contributed by atoms with Crippen LogP contribution in [0, 0.1) is 0 Å². The highest BCUT2D eigenvalue weighted by Gasteiger charge is 2.28. The average molecular weight is 633 g/mol. The fourth-order valence-electron chi connectivity index (χ4n) is 4.48. The van der Waals surface area contributed by atoms with Crippen molar-refractivity contribution in [1.29, 1.82) is 0 Å². The first-order valence-corrected chi connectivity index (χ1v) is 15.8. The number of para-hydroxylation sites is 1. The third-order valence-corrected chi connectivity index (χ3v) is 7.79. The molecule has 2 heterocycles. The molecule has 0 aliphatic heterocycles. The average Bonchev–Trinajstić information content (AvgIpc) is 3.00. The number of amides is 1. The van der Waals surface area contributed by atoms with E-state index in [1.807, 2.05) is 55.5 Å². The molecule has 1 unspecified atom stereocenters. The number of ether oxygens (including phenoxy) is 2. The molecule has 12 heteroatoms. The van der Waals surface area contributed by atoms with Crippen LogP contribution in [0.3, 0.4) is 0 Å². The van der Waals surface area contributed by atoms with Gasteiger partial charge in [-0.25, -0.2) is 27.9 Å². The highest BCUT2D eigenvalue weighted by Crippen LogP contribution is 2.31. The number of carboxylic acids is 1. The van der Waals surface area contributed by atoms with E-state index in [2.05, 4.69) is 14.7 Å². The van der Waals surface area contributed by atoms with Gasteiger partial charge in [-0.15, -0.1) is 0 Å². The predicted molar refractivity (Wildman–Crippen MR) is 170 cm³/mol.